The molecule has 0 saturated carbocycles. The van der Waals surface area contributed by atoms with Gasteiger partial charge in [0.05, 0.1) is 5.92 Å². The third-order valence-corrected chi connectivity index (χ3v) is 3.99. The number of fused-ring (bicyclic) bond motifs is 2. The molecule has 2 atom stereocenters. The van der Waals surface area contributed by atoms with Crippen molar-refractivity contribution in [1.82, 2.24) is 5.32 Å². The first-order valence-electron chi connectivity index (χ1n) is 6.41. The van der Waals surface area contributed by atoms with E-state index in [2.05, 4.69) is 35.8 Å². The summed E-state index contributed by atoms with van der Waals surface area (Å²) in [7, 11) is 0. The minimum absolute atomic E-state index is 0.146. The molecule has 2 N–H and O–H groups in total. The first-order valence-corrected chi connectivity index (χ1v) is 6.41. The van der Waals surface area contributed by atoms with Crippen LogP contribution in [0, 0.1) is 11.8 Å². The first kappa shape index (κ1) is 10.8. The molecule has 0 aromatic heterocycles. The van der Waals surface area contributed by atoms with Crippen LogP contribution in [0.5, 0.6) is 0 Å². The number of hydrogen-bond donors (Lipinski definition) is 2. The van der Waals surface area contributed by atoms with Crippen molar-refractivity contribution < 1.29 is 4.79 Å². The smallest absolute Gasteiger partial charge is 0.229 e. The summed E-state index contributed by atoms with van der Waals surface area (Å²) in [6, 6.07) is 6.41. The average Bonchev–Trinajstić information content (AvgIpc) is 2.75. The molecule has 0 bridgehead atoms. The fraction of sp³-hybridized carbons (Fsp3) is 0.500. The maximum atomic E-state index is 12.1. The highest BCUT2D eigenvalue weighted by Crippen LogP contribution is 2.31. The number of carbonyl (C=O) groups is 1. The number of aryl methyl sites for hydroxylation is 1. The number of benzene rings is 1. The van der Waals surface area contributed by atoms with Gasteiger partial charge in [0.1, 0.15) is 0 Å². The van der Waals surface area contributed by atoms with E-state index in [1.807, 2.05) is 0 Å². The molecule has 17 heavy (non-hydrogen) atoms. The minimum atomic E-state index is 0.146. The zero-order chi connectivity index (χ0) is 11.8. The Bertz CT molecular complexity index is 456. The number of rotatable bonds is 1. The molecule has 1 saturated heterocycles. The van der Waals surface area contributed by atoms with E-state index in [4.69, 9.17) is 0 Å². The standard InChI is InChI=1S/C14H18N2O/c1-2-9-3-4-13-10(5-9)6-11-7-15-8-12(11)14(17)16-13/h3-5,11-12,15H,2,6-8H2,1H3,(H,16,17). The highest BCUT2D eigenvalue weighted by atomic mass is 16.2. The van der Waals surface area contributed by atoms with Crippen LogP contribution in [0.3, 0.4) is 0 Å². The van der Waals surface area contributed by atoms with Gasteiger partial charge in [-0.1, -0.05) is 19.1 Å². The summed E-state index contributed by atoms with van der Waals surface area (Å²) in [5.74, 6) is 0.791. The maximum absolute atomic E-state index is 12.1. The topological polar surface area (TPSA) is 41.1 Å². The molecular weight excluding hydrogens is 212 g/mol. The van der Waals surface area contributed by atoms with Crippen molar-refractivity contribution in [3.63, 3.8) is 0 Å². The van der Waals surface area contributed by atoms with Gasteiger partial charge in [-0.05, 0) is 42.5 Å². The van der Waals surface area contributed by atoms with Gasteiger partial charge in [-0.2, -0.15) is 0 Å². The van der Waals surface area contributed by atoms with Crippen molar-refractivity contribution in [3.8, 4) is 0 Å². The van der Waals surface area contributed by atoms with Crippen LogP contribution >= 0.6 is 0 Å². The lowest BCUT2D eigenvalue weighted by atomic mass is 9.90. The number of nitrogens with one attached hydrogen (secondary N) is 2. The van der Waals surface area contributed by atoms with Crippen LogP contribution in [0.25, 0.3) is 0 Å². The molecule has 3 rings (SSSR count). The quantitative estimate of drug-likeness (QED) is 0.769. The van der Waals surface area contributed by atoms with Gasteiger partial charge in [0, 0.05) is 12.2 Å². The van der Waals surface area contributed by atoms with Crippen molar-refractivity contribution in [2.45, 2.75) is 19.8 Å². The van der Waals surface area contributed by atoms with Crippen LogP contribution in [0.2, 0.25) is 0 Å². The number of hydrogen-bond acceptors (Lipinski definition) is 2. The van der Waals surface area contributed by atoms with Gasteiger partial charge in [-0.15, -0.1) is 0 Å². The second-order valence-corrected chi connectivity index (χ2v) is 5.06. The zero-order valence-corrected chi connectivity index (χ0v) is 10.1. The van der Waals surface area contributed by atoms with Crippen LogP contribution < -0.4 is 10.6 Å². The zero-order valence-electron chi connectivity index (χ0n) is 10.1. The Morgan fingerprint density at radius 1 is 1.35 bits per heavy atom. The van der Waals surface area contributed by atoms with E-state index >= 15 is 0 Å². The lowest BCUT2D eigenvalue weighted by Crippen LogP contribution is -2.27. The number of anilines is 1. The predicted molar refractivity (Wildman–Crippen MR) is 68.0 cm³/mol. The molecule has 2 heterocycles. The molecule has 3 heteroatoms. The molecule has 1 aromatic rings. The molecule has 90 valence electrons. The average molecular weight is 230 g/mol. The second-order valence-electron chi connectivity index (χ2n) is 5.06. The van der Waals surface area contributed by atoms with Gasteiger partial charge in [0.25, 0.3) is 0 Å². The Hall–Kier alpha value is -1.35. The van der Waals surface area contributed by atoms with E-state index in [1.54, 1.807) is 0 Å². The molecular formula is C14H18N2O. The molecule has 1 aromatic carbocycles. The highest BCUT2D eigenvalue weighted by Gasteiger charge is 2.35. The van der Waals surface area contributed by atoms with E-state index in [0.29, 0.717) is 5.92 Å². The minimum Gasteiger partial charge on any atom is -0.326 e. The monoisotopic (exact) mass is 230 g/mol. The fourth-order valence-electron chi connectivity index (χ4n) is 2.92. The van der Waals surface area contributed by atoms with Crippen LogP contribution in [-0.2, 0) is 17.6 Å². The summed E-state index contributed by atoms with van der Waals surface area (Å²) >= 11 is 0. The van der Waals surface area contributed by atoms with Crippen LogP contribution in [0.15, 0.2) is 18.2 Å². The molecule has 2 aliphatic heterocycles. The van der Waals surface area contributed by atoms with Crippen molar-refractivity contribution in [2.75, 3.05) is 18.4 Å². The summed E-state index contributed by atoms with van der Waals surface area (Å²) in [5, 5.41) is 6.39. The normalized spacial score (nSPS) is 27.0. The third-order valence-electron chi connectivity index (χ3n) is 3.99. The Labute approximate surface area is 102 Å². The molecule has 0 spiro atoms. The van der Waals surface area contributed by atoms with Gasteiger partial charge in [0.15, 0.2) is 0 Å². The molecule has 1 amide bonds. The lowest BCUT2D eigenvalue weighted by molar-refractivity contribution is -0.120. The summed E-state index contributed by atoms with van der Waals surface area (Å²) in [5.41, 5.74) is 3.66. The van der Waals surface area contributed by atoms with E-state index < -0.39 is 0 Å². The first-order chi connectivity index (χ1) is 8.28. The van der Waals surface area contributed by atoms with Gasteiger partial charge < -0.3 is 10.6 Å². The van der Waals surface area contributed by atoms with Gasteiger partial charge in [-0.25, -0.2) is 0 Å². The second kappa shape index (κ2) is 4.15. The van der Waals surface area contributed by atoms with Crippen LogP contribution in [-0.4, -0.2) is 19.0 Å². The van der Waals surface area contributed by atoms with Gasteiger partial charge >= 0.3 is 0 Å². The molecule has 1 fully saturated rings. The summed E-state index contributed by atoms with van der Waals surface area (Å²) in [6.45, 7) is 3.95. The maximum Gasteiger partial charge on any atom is 0.229 e. The van der Waals surface area contributed by atoms with E-state index in [1.165, 1.54) is 11.1 Å². The number of carbonyl (C=O) groups excluding carboxylic acids is 1. The van der Waals surface area contributed by atoms with E-state index in [9.17, 15) is 4.79 Å². The third kappa shape index (κ3) is 1.84. The van der Waals surface area contributed by atoms with Crippen molar-refractivity contribution in [2.24, 2.45) is 11.8 Å². The van der Waals surface area contributed by atoms with Crippen molar-refractivity contribution in [3.05, 3.63) is 29.3 Å². The fourth-order valence-corrected chi connectivity index (χ4v) is 2.92. The van der Waals surface area contributed by atoms with E-state index in [0.717, 1.165) is 31.6 Å². The summed E-state index contributed by atoms with van der Waals surface area (Å²) < 4.78 is 0. The largest absolute Gasteiger partial charge is 0.326 e. The van der Waals surface area contributed by atoms with E-state index in [-0.39, 0.29) is 11.8 Å². The summed E-state index contributed by atoms with van der Waals surface area (Å²) in [4.78, 5) is 12.1. The lowest BCUT2D eigenvalue weighted by Gasteiger charge is -2.12. The van der Waals surface area contributed by atoms with Crippen LogP contribution in [0.4, 0.5) is 5.69 Å². The number of amides is 1. The Morgan fingerprint density at radius 2 is 2.24 bits per heavy atom. The Balaban J connectivity index is 1.98. The van der Waals surface area contributed by atoms with Crippen molar-refractivity contribution >= 4 is 11.6 Å². The summed E-state index contributed by atoms with van der Waals surface area (Å²) in [6.07, 6.45) is 2.06. The Morgan fingerprint density at radius 3 is 3.06 bits per heavy atom. The molecule has 3 nitrogen and oxygen atoms in total. The SMILES string of the molecule is CCc1ccc2c(c1)CC1CNCC1C(=O)N2. The van der Waals surface area contributed by atoms with Gasteiger partial charge in [-0.3, -0.25) is 4.79 Å². The van der Waals surface area contributed by atoms with Gasteiger partial charge in [0.2, 0.25) is 5.91 Å². The molecule has 2 unspecified atom stereocenters. The molecule has 0 aliphatic carbocycles. The van der Waals surface area contributed by atoms with Crippen molar-refractivity contribution in [1.29, 1.82) is 0 Å². The highest BCUT2D eigenvalue weighted by molar-refractivity contribution is 5.94. The predicted octanol–water partition coefficient (Wildman–Crippen LogP) is 1.58. The Kier molecular flexibility index (Phi) is 2.63. The molecule has 0 radical (unpaired) electrons. The molecule has 2 aliphatic rings. The van der Waals surface area contributed by atoms with Crippen LogP contribution in [0.1, 0.15) is 18.1 Å².